The highest BCUT2D eigenvalue weighted by molar-refractivity contribution is 5.99. The van der Waals surface area contributed by atoms with Gasteiger partial charge in [-0.3, -0.25) is 9.59 Å². The predicted octanol–water partition coefficient (Wildman–Crippen LogP) is 3.80. The molecule has 0 atom stereocenters. The van der Waals surface area contributed by atoms with Crippen LogP contribution >= 0.6 is 0 Å². The van der Waals surface area contributed by atoms with Crippen molar-refractivity contribution < 1.29 is 19.1 Å². The molecule has 0 radical (unpaired) electrons. The number of rotatable bonds is 7. The van der Waals surface area contributed by atoms with Gasteiger partial charge >= 0.3 is 11.9 Å². The molecule has 1 fully saturated rings. The average Bonchev–Trinajstić information content (AvgIpc) is 2.52. The molecule has 1 saturated carbocycles. The number of carbonyl (C=O) groups is 2. The molecule has 124 valence electrons. The van der Waals surface area contributed by atoms with Crippen LogP contribution in [0.2, 0.25) is 0 Å². The van der Waals surface area contributed by atoms with Crippen molar-refractivity contribution in [2.45, 2.75) is 59.3 Å². The summed E-state index contributed by atoms with van der Waals surface area (Å²) in [5.41, 5.74) is 1.85. The summed E-state index contributed by atoms with van der Waals surface area (Å²) in [4.78, 5) is 24.2. The van der Waals surface area contributed by atoms with E-state index in [1.807, 2.05) is 0 Å². The second-order valence-corrected chi connectivity index (χ2v) is 5.91. The average molecular weight is 308 g/mol. The van der Waals surface area contributed by atoms with Gasteiger partial charge in [-0.25, -0.2) is 0 Å². The van der Waals surface area contributed by atoms with Gasteiger partial charge in [-0.15, -0.1) is 5.73 Å². The minimum atomic E-state index is -1.29. The Kier molecular flexibility index (Phi) is 7.97. The number of carbonyl (C=O) groups excluding carboxylic acids is 2. The van der Waals surface area contributed by atoms with Crippen molar-refractivity contribution in [3.63, 3.8) is 0 Å². The lowest BCUT2D eigenvalue weighted by Gasteiger charge is -2.23. The van der Waals surface area contributed by atoms with Crippen molar-refractivity contribution in [3.8, 4) is 0 Å². The molecule has 1 aliphatic rings. The first-order valence-electron chi connectivity index (χ1n) is 8.30. The lowest BCUT2D eigenvalue weighted by Crippen LogP contribution is -2.39. The van der Waals surface area contributed by atoms with Crippen LogP contribution < -0.4 is 0 Å². The molecule has 0 amide bonds. The third-order valence-corrected chi connectivity index (χ3v) is 4.06. The van der Waals surface area contributed by atoms with Gasteiger partial charge in [0.25, 0.3) is 0 Å². The standard InChI is InChI=1S/C18H28O4/c1-4-21-16(19)18(3,17(20)22-5-2)14-10-9-13-15-11-7-6-8-12-15/h10,13,15H,4-8,11-12,14H2,1-3H3. The van der Waals surface area contributed by atoms with Crippen LogP contribution in [0, 0.1) is 11.3 Å². The molecular formula is C18H28O4. The fraction of sp³-hybridized carbons (Fsp3) is 0.722. The van der Waals surface area contributed by atoms with Crippen LogP contribution in [0.5, 0.6) is 0 Å². The molecular weight excluding hydrogens is 280 g/mol. The van der Waals surface area contributed by atoms with E-state index in [-0.39, 0.29) is 19.6 Å². The fourth-order valence-electron chi connectivity index (χ4n) is 2.60. The summed E-state index contributed by atoms with van der Waals surface area (Å²) in [6.07, 6.45) is 10.3. The van der Waals surface area contributed by atoms with Crippen molar-refractivity contribution in [1.82, 2.24) is 0 Å². The zero-order valence-electron chi connectivity index (χ0n) is 14.0. The predicted molar refractivity (Wildman–Crippen MR) is 85.2 cm³/mol. The molecule has 0 aromatic rings. The molecule has 0 aromatic carbocycles. The Morgan fingerprint density at radius 2 is 1.64 bits per heavy atom. The Morgan fingerprint density at radius 3 is 2.14 bits per heavy atom. The monoisotopic (exact) mass is 308 g/mol. The highest BCUT2D eigenvalue weighted by Crippen LogP contribution is 2.27. The quantitative estimate of drug-likeness (QED) is 0.408. The zero-order chi connectivity index (χ0) is 16.4. The fourth-order valence-corrected chi connectivity index (χ4v) is 2.60. The van der Waals surface area contributed by atoms with Gasteiger partial charge in [-0.05, 0) is 58.1 Å². The minimum absolute atomic E-state index is 0.244. The number of hydrogen-bond donors (Lipinski definition) is 0. The number of ether oxygens (including phenoxy) is 2. The van der Waals surface area contributed by atoms with Crippen LogP contribution in [0.4, 0.5) is 0 Å². The van der Waals surface area contributed by atoms with Crippen molar-refractivity contribution >= 4 is 11.9 Å². The summed E-state index contributed by atoms with van der Waals surface area (Å²) >= 11 is 0. The first kappa shape index (κ1) is 18.5. The molecule has 0 unspecified atom stereocenters. The second-order valence-electron chi connectivity index (χ2n) is 5.91. The molecule has 4 nitrogen and oxygen atoms in total. The lowest BCUT2D eigenvalue weighted by atomic mass is 9.86. The lowest BCUT2D eigenvalue weighted by molar-refractivity contribution is -0.170. The van der Waals surface area contributed by atoms with Crippen molar-refractivity contribution in [3.05, 3.63) is 17.9 Å². The third-order valence-electron chi connectivity index (χ3n) is 4.06. The van der Waals surface area contributed by atoms with Crippen LogP contribution in [0.1, 0.15) is 59.3 Å². The van der Waals surface area contributed by atoms with Crippen LogP contribution in [0.25, 0.3) is 0 Å². The Balaban J connectivity index is 2.73. The topological polar surface area (TPSA) is 52.6 Å². The maximum atomic E-state index is 12.1. The van der Waals surface area contributed by atoms with Crippen LogP contribution in [-0.2, 0) is 19.1 Å². The van der Waals surface area contributed by atoms with E-state index >= 15 is 0 Å². The van der Waals surface area contributed by atoms with Gasteiger partial charge < -0.3 is 9.47 Å². The molecule has 0 heterocycles. The van der Waals surface area contributed by atoms with Gasteiger partial charge in [0.2, 0.25) is 0 Å². The van der Waals surface area contributed by atoms with Crippen LogP contribution in [0.15, 0.2) is 17.9 Å². The van der Waals surface area contributed by atoms with Crippen LogP contribution in [0.3, 0.4) is 0 Å². The summed E-state index contributed by atoms with van der Waals surface area (Å²) in [5, 5.41) is 0. The van der Waals surface area contributed by atoms with Gasteiger partial charge in [0, 0.05) is 0 Å². The molecule has 0 saturated heterocycles. The molecule has 1 rings (SSSR count). The first-order valence-corrected chi connectivity index (χ1v) is 8.30. The minimum Gasteiger partial charge on any atom is -0.465 e. The van der Waals surface area contributed by atoms with E-state index in [2.05, 4.69) is 11.8 Å². The number of hydrogen-bond acceptors (Lipinski definition) is 4. The second kappa shape index (κ2) is 9.47. The summed E-state index contributed by atoms with van der Waals surface area (Å²) in [6.45, 7) is 5.51. The molecule has 0 aromatic heterocycles. The molecule has 22 heavy (non-hydrogen) atoms. The Morgan fingerprint density at radius 1 is 1.09 bits per heavy atom. The molecule has 0 aliphatic heterocycles. The Labute approximate surface area is 133 Å². The smallest absolute Gasteiger partial charge is 0.323 e. The Bertz CT molecular complexity index is 408. The van der Waals surface area contributed by atoms with E-state index < -0.39 is 17.4 Å². The molecule has 0 bridgehead atoms. The van der Waals surface area contributed by atoms with E-state index in [4.69, 9.17) is 9.47 Å². The number of allylic oxidation sites excluding steroid dienone is 1. The van der Waals surface area contributed by atoms with E-state index in [0.717, 1.165) is 0 Å². The molecule has 4 heteroatoms. The van der Waals surface area contributed by atoms with E-state index in [1.54, 1.807) is 26.8 Å². The van der Waals surface area contributed by atoms with E-state index in [9.17, 15) is 9.59 Å². The molecule has 0 N–H and O–H groups in total. The highest BCUT2D eigenvalue weighted by atomic mass is 16.6. The molecule has 0 spiro atoms. The third kappa shape index (κ3) is 5.34. The summed E-state index contributed by atoms with van der Waals surface area (Å²) in [6, 6.07) is 0. The van der Waals surface area contributed by atoms with E-state index in [0.29, 0.717) is 5.92 Å². The van der Waals surface area contributed by atoms with Gasteiger partial charge in [-0.1, -0.05) is 19.3 Å². The molecule has 1 aliphatic carbocycles. The van der Waals surface area contributed by atoms with Gasteiger partial charge in [0.1, 0.15) is 0 Å². The SMILES string of the molecule is CCOC(=O)C(C)(CC=C=CC1CCCCC1)C(=O)OCC. The number of esters is 2. The largest absolute Gasteiger partial charge is 0.465 e. The van der Waals surface area contributed by atoms with Gasteiger partial charge in [0.15, 0.2) is 5.41 Å². The van der Waals surface area contributed by atoms with Crippen LogP contribution in [-0.4, -0.2) is 25.2 Å². The summed E-state index contributed by atoms with van der Waals surface area (Å²) in [5.74, 6) is -0.505. The Hall–Kier alpha value is -1.54. The van der Waals surface area contributed by atoms with E-state index in [1.165, 1.54) is 32.1 Å². The maximum Gasteiger partial charge on any atom is 0.323 e. The van der Waals surface area contributed by atoms with Gasteiger partial charge in [-0.2, -0.15) is 0 Å². The summed E-state index contributed by atoms with van der Waals surface area (Å²) in [7, 11) is 0. The van der Waals surface area contributed by atoms with Crippen molar-refractivity contribution in [2.24, 2.45) is 11.3 Å². The highest BCUT2D eigenvalue weighted by Gasteiger charge is 2.43. The normalized spacial score (nSPS) is 15.6. The van der Waals surface area contributed by atoms with Crippen molar-refractivity contribution in [1.29, 1.82) is 0 Å². The zero-order valence-corrected chi connectivity index (χ0v) is 14.0. The maximum absolute atomic E-state index is 12.1. The first-order chi connectivity index (χ1) is 10.5. The van der Waals surface area contributed by atoms with Gasteiger partial charge in [0.05, 0.1) is 13.2 Å². The van der Waals surface area contributed by atoms with Crippen molar-refractivity contribution in [2.75, 3.05) is 13.2 Å². The summed E-state index contributed by atoms with van der Waals surface area (Å²) < 4.78 is 10.0.